The van der Waals surface area contributed by atoms with Crippen LogP contribution in [0.1, 0.15) is 27.2 Å². The van der Waals surface area contributed by atoms with Gasteiger partial charge in [-0.3, -0.25) is 4.90 Å². The van der Waals surface area contributed by atoms with E-state index >= 15 is 0 Å². The van der Waals surface area contributed by atoms with E-state index in [1.54, 1.807) is 7.11 Å². The molecule has 84 valence electrons. The number of hydrogen-bond donors (Lipinski definition) is 0. The van der Waals surface area contributed by atoms with Crippen molar-refractivity contribution >= 4 is 6.29 Å². The first-order valence-electron chi connectivity index (χ1n) is 4.73. The van der Waals surface area contributed by atoms with Gasteiger partial charge in [0.1, 0.15) is 19.2 Å². The Hall–Kier alpha value is -0.450. The van der Waals surface area contributed by atoms with Crippen molar-refractivity contribution in [3.63, 3.8) is 0 Å². The summed E-state index contributed by atoms with van der Waals surface area (Å²) < 4.78 is 10.7. The highest BCUT2D eigenvalue weighted by Crippen LogP contribution is 2.13. The first kappa shape index (κ1) is 13.5. The minimum atomic E-state index is -0.399. The molecule has 0 aromatic heterocycles. The van der Waals surface area contributed by atoms with Gasteiger partial charge in [-0.15, -0.1) is 0 Å². The summed E-state index contributed by atoms with van der Waals surface area (Å²) in [6.45, 7) is 6.19. The molecule has 1 unspecified atom stereocenters. The van der Waals surface area contributed by atoms with Crippen molar-refractivity contribution < 1.29 is 14.3 Å². The molecule has 0 rings (SSSR count). The largest absolute Gasteiger partial charge is 0.367 e. The van der Waals surface area contributed by atoms with E-state index < -0.39 is 5.60 Å². The van der Waals surface area contributed by atoms with Gasteiger partial charge in [-0.05, 0) is 27.8 Å². The van der Waals surface area contributed by atoms with Gasteiger partial charge in [-0.1, -0.05) is 0 Å². The van der Waals surface area contributed by atoms with Crippen molar-refractivity contribution in [1.29, 1.82) is 0 Å². The molecule has 0 aliphatic rings. The monoisotopic (exact) mass is 203 g/mol. The molecule has 0 amide bonds. The summed E-state index contributed by atoms with van der Waals surface area (Å²) in [4.78, 5) is 12.3. The molecule has 0 spiro atoms. The molecule has 14 heavy (non-hydrogen) atoms. The highest BCUT2D eigenvalue weighted by molar-refractivity contribution is 5.51. The first-order chi connectivity index (χ1) is 6.43. The molecule has 0 saturated carbocycles. The minimum Gasteiger partial charge on any atom is -0.367 e. The SMILES string of the molecule is COC(C)N(C)COC(C)(C)CC=O. The highest BCUT2D eigenvalue weighted by Gasteiger charge is 2.19. The fraction of sp³-hybridized carbons (Fsp3) is 0.900. The van der Waals surface area contributed by atoms with Gasteiger partial charge in [0.05, 0.1) is 5.60 Å². The van der Waals surface area contributed by atoms with E-state index in [9.17, 15) is 4.79 Å². The van der Waals surface area contributed by atoms with Crippen LogP contribution in [0.25, 0.3) is 0 Å². The number of aldehydes is 1. The summed E-state index contributed by atoms with van der Waals surface area (Å²) in [6, 6.07) is 0. The number of rotatable bonds is 7. The minimum absolute atomic E-state index is 0.0158. The number of carbonyl (C=O) groups excluding carboxylic acids is 1. The van der Waals surface area contributed by atoms with Crippen molar-refractivity contribution in [2.75, 3.05) is 20.9 Å². The molecule has 0 bridgehead atoms. The lowest BCUT2D eigenvalue weighted by atomic mass is 10.1. The topological polar surface area (TPSA) is 38.8 Å². The summed E-state index contributed by atoms with van der Waals surface area (Å²) in [7, 11) is 3.56. The maximum Gasteiger partial charge on any atom is 0.122 e. The Balaban J connectivity index is 3.86. The van der Waals surface area contributed by atoms with Crippen LogP contribution in [0.15, 0.2) is 0 Å². The fourth-order valence-electron chi connectivity index (χ4n) is 0.821. The van der Waals surface area contributed by atoms with E-state index in [-0.39, 0.29) is 6.23 Å². The highest BCUT2D eigenvalue weighted by atomic mass is 16.5. The lowest BCUT2D eigenvalue weighted by Gasteiger charge is -2.29. The van der Waals surface area contributed by atoms with E-state index in [0.29, 0.717) is 13.2 Å². The van der Waals surface area contributed by atoms with Crippen LogP contribution in [0.2, 0.25) is 0 Å². The number of ether oxygens (including phenoxy) is 2. The van der Waals surface area contributed by atoms with Crippen molar-refractivity contribution in [2.24, 2.45) is 0 Å². The maximum absolute atomic E-state index is 10.3. The fourth-order valence-corrected chi connectivity index (χ4v) is 0.821. The number of hydrogen-bond acceptors (Lipinski definition) is 4. The Kier molecular flexibility index (Phi) is 5.92. The van der Waals surface area contributed by atoms with E-state index in [2.05, 4.69) is 0 Å². The molecule has 0 aromatic carbocycles. The Morgan fingerprint density at radius 1 is 1.50 bits per heavy atom. The van der Waals surface area contributed by atoms with Gasteiger partial charge in [-0.2, -0.15) is 0 Å². The number of carbonyl (C=O) groups is 1. The second-order valence-electron chi connectivity index (χ2n) is 4.00. The van der Waals surface area contributed by atoms with E-state index in [0.717, 1.165) is 6.29 Å². The van der Waals surface area contributed by atoms with Crippen LogP contribution in [-0.4, -0.2) is 43.9 Å². The van der Waals surface area contributed by atoms with Crippen LogP contribution >= 0.6 is 0 Å². The van der Waals surface area contributed by atoms with Gasteiger partial charge in [0.15, 0.2) is 0 Å². The molecule has 0 radical (unpaired) electrons. The molecule has 0 aliphatic carbocycles. The molecule has 0 aliphatic heterocycles. The van der Waals surface area contributed by atoms with Gasteiger partial charge >= 0.3 is 0 Å². The zero-order chi connectivity index (χ0) is 11.2. The van der Waals surface area contributed by atoms with Crippen LogP contribution in [0.3, 0.4) is 0 Å². The second-order valence-corrected chi connectivity index (χ2v) is 4.00. The quantitative estimate of drug-likeness (QED) is 0.461. The molecule has 0 saturated heterocycles. The number of methoxy groups -OCH3 is 1. The third-order valence-electron chi connectivity index (χ3n) is 2.20. The van der Waals surface area contributed by atoms with Crippen molar-refractivity contribution in [3.05, 3.63) is 0 Å². The Labute approximate surface area is 86.2 Å². The molecular weight excluding hydrogens is 182 g/mol. The van der Waals surface area contributed by atoms with Gasteiger partial charge in [0.2, 0.25) is 0 Å². The summed E-state index contributed by atoms with van der Waals surface area (Å²) in [5, 5.41) is 0. The smallest absolute Gasteiger partial charge is 0.122 e. The zero-order valence-electron chi connectivity index (χ0n) is 9.74. The lowest BCUT2D eigenvalue weighted by molar-refractivity contribution is -0.129. The van der Waals surface area contributed by atoms with Crippen molar-refractivity contribution in [3.8, 4) is 0 Å². The summed E-state index contributed by atoms with van der Waals surface area (Å²) in [6.07, 6.45) is 1.30. The molecule has 0 fully saturated rings. The molecule has 0 heterocycles. The third-order valence-corrected chi connectivity index (χ3v) is 2.20. The number of nitrogens with zero attached hydrogens (tertiary/aromatic N) is 1. The average molecular weight is 203 g/mol. The molecule has 4 heteroatoms. The summed E-state index contributed by atoms with van der Waals surface area (Å²) in [5.74, 6) is 0. The molecule has 0 N–H and O–H groups in total. The van der Waals surface area contributed by atoms with E-state index in [1.807, 2.05) is 32.7 Å². The third kappa shape index (κ3) is 5.32. The summed E-state index contributed by atoms with van der Waals surface area (Å²) >= 11 is 0. The van der Waals surface area contributed by atoms with Crippen LogP contribution in [0.5, 0.6) is 0 Å². The molecule has 0 aromatic rings. The van der Waals surface area contributed by atoms with Crippen molar-refractivity contribution in [2.45, 2.75) is 39.0 Å². The van der Waals surface area contributed by atoms with E-state index in [4.69, 9.17) is 9.47 Å². The normalized spacial score (nSPS) is 14.4. The Morgan fingerprint density at radius 3 is 2.50 bits per heavy atom. The molecule has 4 nitrogen and oxygen atoms in total. The molecular formula is C10H21NO3. The second kappa shape index (κ2) is 6.11. The molecule has 1 atom stereocenters. The zero-order valence-corrected chi connectivity index (χ0v) is 9.74. The Morgan fingerprint density at radius 2 is 2.07 bits per heavy atom. The lowest BCUT2D eigenvalue weighted by Crippen LogP contribution is -2.37. The average Bonchev–Trinajstić information content (AvgIpc) is 2.13. The maximum atomic E-state index is 10.3. The predicted octanol–water partition coefficient (Wildman–Crippen LogP) is 1.25. The van der Waals surface area contributed by atoms with Gasteiger partial charge in [0.25, 0.3) is 0 Å². The van der Waals surface area contributed by atoms with Gasteiger partial charge in [-0.25, -0.2) is 0 Å². The summed E-state index contributed by atoms with van der Waals surface area (Å²) in [5.41, 5.74) is -0.399. The predicted molar refractivity (Wildman–Crippen MR) is 54.9 cm³/mol. The van der Waals surface area contributed by atoms with Crippen LogP contribution < -0.4 is 0 Å². The van der Waals surface area contributed by atoms with Crippen LogP contribution in [-0.2, 0) is 14.3 Å². The Bertz CT molecular complexity index is 171. The van der Waals surface area contributed by atoms with Crippen LogP contribution in [0.4, 0.5) is 0 Å². The first-order valence-corrected chi connectivity index (χ1v) is 4.73. The van der Waals surface area contributed by atoms with E-state index in [1.165, 1.54) is 0 Å². The van der Waals surface area contributed by atoms with Gasteiger partial charge in [0, 0.05) is 13.5 Å². The van der Waals surface area contributed by atoms with Gasteiger partial charge < -0.3 is 14.3 Å². The van der Waals surface area contributed by atoms with Crippen LogP contribution in [0, 0.1) is 0 Å². The van der Waals surface area contributed by atoms with Crippen molar-refractivity contribution in [1.82, 2.24) is 4.90 Å². The standard InChI is InChI=1S/C10H21NO3/c1-9(13-5)11(4)8-14-10(2,3)6-7-12/h7,9H,6,8H2,1-5H3.